The molecule has 0 spiro atoms. The second-order valence-electron chi connectivity index (χ2n) is 5.39. The van der Waals surface area contributed by atoms with Gasteiger partial charge in [0.1, 0.15) is 0 Å². The van der Waals surface area contributed by atoms with Crippen molar-refractivity contribution in [1.29, 1.82) is 0 Å². The third-order valence-corrected chi connectivity index (χ3v) is 3.99. The first-order valence-corrected chi connectivity index (χ1v) is 7.20. The minimum absolute atomic E-state index is 0.0191. The fourth-order valence-electron chi connectivity index (χ4n) is 2.85. The molecule has 5 heteroatoms. The molecule has 1 aromatic rings. The summed E-state index contributed by atoms with van der Waals surface area (Å²) in [5.74, 6) is -0.0191. The molecule has 1 saturated carbocycles. The number of carbonyl (C=O) groups excluding carboxylic acids is 2. The maximum atomic E-state index is 12.1. The summed E-state index contributed by atoms with van der Waals surface area (Å²) >= 11 is 0. The van der Waals surface area contributed by atoms with Crippen LogP contribution in [0.15, 0.2) is 24.3 Å². The number of benzene rings is 1. The molecule has 1 aliphatic heterocycles. The van der Waals surface area contributed by atoms with Crippen LogP contribution in [0.25, 0.3) is 0 Å². The normalized spacial score (nSPS) is 19.2. The molecule has 2 N–H and O–H groups in total. The van der Waals surface area contributed by atoms with Gasteiger partial charge in [-0.3, -0.25) is 9.69 Å². The third kappa shape index (κ3) is 2.61. The number of hydrogen-bond donors (Lipinski definition) is 2. The Hall–Kier alpha value is -2.04. The van der Waals surface area contributed by atoms with Crippen LogP contribution in [0.2, 0.25) is 0 Å². The summed E-state index contributed by atoms with van der Waals surface area (Å²) in [6.07, 6.45) is 4.57. The van der Waals surface area contributed by atoms with Gasteiger partial charge in [-0.2, -0.15) is 0 Å². The highest BCUT2D eigenvalue weighted by Gasteiger charge is 2.22. The summed E-state index contributed by atoms with van der Waals surface area (Å²) < 4.78 is 0. The van der Waals surface area contributed by atoms with Crippen LogP contribution in [-0.2, 0) is 0 Å². The molecule has 0 atom stereocenters. The average molecular weight is 273 g/mol. The van der Waals surface area contributed by atoms with E-state index in [1.54, 1.807) is 17.0 Å². The predicted molar refractivity (Wildman–Crippen MR) is 76.9 cm³/mol. The molecular formula is C15H19N3O2. The molecule has 3 rings (SSSR count). The molecular weight excluding hydrogens is 254 g/mol. The van der Waals surface area contributed by atoms with Crippen molar-refractivity contribution in [3.63, 3.8) is 0 Å². The Labute approximate surface area is 118 Å². The topological polar surface area (TPSA) is 61.4 Å². The second kappa shape index (κ2) is 5.53. The lowest BCUT2D eigenvalue weighted by Crippen LogP contribution is -2.32. The molecule has 2 aliphatic rings. The molecule has 20 heavy (non-hydrogen) atoms. The van der Waals surface area contributed by atoms with Gasteiger partial charge in [0.05, 0.1) is 0 Å². The van der Waals surface area contributed by atoms with Gasteiger partial charge >= 0.3 is 6.03 Å². The molecule has 0 bridgehead atoms. The SMILES string of the molecule is O=C(NC1CCCC1)c1ccc(N2CCNC2=O)cc1. The lowest BCUT2D eigenvalue weighted by molar-refractivity contribution is 0.0938. The van der Waals surface area contributed by atoms with Crippen LogP contribution >= 0.6 is 0 Å². The van der Waals surface area contributed by atoms with Gasteiger partial charge in [-0.1, -0.05) is 12.8 Å². The maximum absolute atomic E-state index is 12.1. The van der Waals surface area contributed by atoms with Gasteiger partial charge in [-0.25, -0.2) is 4.79 Å². The van der Waals surface area contributed by atoms with E-state index in [9.17, 15) is 9.59 Å². The van der Waals surface area contributed by atoms with E-state index in [-0.39, 0.29) is 11.9 Å². The van der Waals surface area contributed by atoms with Gasteiger partial charge in [0.15, 0.2) is 0 Å². The molecule has 1 aromatic carbocycles. The smallest absolute Gasteiger partial charge is 0.321 e. The van der Waals surface area contributed by atoms with Gasteiger partial charge in [0.2, 0.25) is 0 Å². The van der Waals surface area contributed by atoms with Crippen molar-refractivity contribution in [3.05, 3.63) is 29.8 Å². The molecule has 0 unspecified atom stereocenters. The first-order valence-electron chi connectivity index (χ1n) is 7.20. The molecule has 5 nitrogen and oxygen atoms in total. The first-order chi connectivity index (χ1) is 9.74. The number of urea groups is 1. The van der Waals surface area contributed by atoms with E-state index >= 15 is 0 Å². The predicted octanol–water partition coefficient (Wildman–Crippen LogP) is 1.89. The van der Waals surface area contributed by atoms with Crippen molar-refractivity contribution in [3.8, 4) is 0 Å². The summed E-state index contributed by atoms with van der Waals surface area (Å²) in [6, 6.07) is 7.47. The Kier molecular flexibility index (Phi) is 3.58. The van der Waals surface area contributed by atoms with Gasteiger partial charge in [0.25, 0.3) is 5.91 Å². The van der Waals surface area contributed by atoms with Crippen molar-refractivity contribution in [2.75, 3.05) is 18.0 Å². The minimum atomic E-state index is -0.0758. The van der Waals surface area contributed by atoms with E-state index in [2.05, 4.69) is 10.6 Å². The number of amides is 3. The van der Waals surface area contributed by atoms with E-state index in [0.717, 1.165) is 18.5 Å². The Balaban J connectivity index is 1.66. The van der Waals surface area contributed by atoms with Crippen molar-refractivity contribution in [2.45, 2.75) is 31.7 Å². The van der Waals surface area contributed by atoms with Crippen LogP contribution in [0.1, 0.15) is 36.0 Å². The zero-order valence-corrected chi connectivity index (χ0v) is 11.4. The maximum Gasteiger partial charge on any atom is 0.321 e. The van der Waals surface area contributed by atoms with Crippen molar-refractivity contribution >= 4 is 17.6 Å². The molecule has 3 amide bonds. The first kappa shape index (κ1) is 13.0. The standard InChI is InChI=1S/C15H19N3O2/c19-14(17-12-3-1-2-4-12)11-5-7-13(8-6-11)18-10-9-16-15(18)20/h5-8,12H,1-4,9-10H2,(H,16,20)(H,17,19). The van der Waals surface area contributed by atoms with E-state index in [1.165, 1.54) is 12.8 Å². The zero-order chi connectivity index (χ0) is 13.9. The van der Waals surface area contributed by atoms with Gasteiger partial charge in [0, 0.05) is 30.4 Å². The number of carbonyl (C=O) groups is 2. The van der Waals surface area contributed by atoms with Gasteiger partial charge in [-0.05, 0) is 37.1 Å². The van der Waals surface area contributed by atoms with Crippen LogP contribution in [0, 0.1) is 0 Å². The largest absolute Gasteiger partial charge is 0.349 e. The Morgan fingerprint density at radius 2 is 1.90 bits per heavy atom. The number of nitrogens with one attached hydrogen (secondary N) is 2. The molecule has 106 valence electrons. The zero-order valence-electron chi connectivity index (χ0n) is 11.4. The number of nitrogens with zero attached hydrogens (tertiary/aromatic N) is 1. The van der Waals surface area contributed by atoms with Gasteiger partial charge < -0.3 is 10.6 Å². The summed E-state index contributed by atoms with van der Waals surface area (Å²) in [4.78, 5) is 25.3. The number of rotatable bonds is 3. The molecule has 1 aliphatic carbocycles. The summed E-state index contributed by atoms with van der Waals surface area (Å²) in [7, 11) is 0. The minimum Gasteiger partial charge on any atom is -0.349 e. The van der Waals surface area contributed by atoms with Crippen molar-refractivity contribution in [1.82, 2.24) is 10.6 Å². The number of anilines is 1. The fraction of sp³-hybridized carbons (Fsp3) is 0.467. The number of hydrogen-bond acceptors (Lipinski definition) is 2. The van der Waals surface area contributed by atoms with Crippen LogP contribution in [-0.4, -0.2) is 31.1 Å². The van der Waals surface area contributed by atoms with Crippen LogP contribution in [0.4, 0.5) is 10.5 Å². The van der Waals surface area contributed by atoms with Crippen molar-refractivity contribution < 1.29 is 9.59 Å². The highest BCUT2D eigenvalue weighted by atomic mass is 16.2. The van der Waals surface area contributed by atoms with Gasteiger partial charge in [-0.15, -0.1) is 0 Å². The molecule has 0 radical (unpaired) electrons. The van der Waals surface area contributed by atoms with E-state index in [0.29, 0.717) is 24.7 Å². The van der Waals surface area contributed by atoms with Crippen molar-refractivity contribution in [2.24, 2.45) is 0 Å². The van der Waals surface area contributed by atoms with E-state index in [4.69, 9.17) is 0 Å². The Bertz CT molecular complexity index is 506. The Morgan fingerprint density at radius 1 is 1.20 bits per heavy atom. The summed E-state index contributed by atoms with van der Waals surface area (Å²) in [5, 5.41) is 5.82. The van der Waals surface area contributed by atoms with E-state index < -0.39 is 0 Å². The van der Waals surface area contributed by atoms with E-state index in [1.807, 2.05) is 12.1 Å². The second-order valence-corrected chi connectivity index (χ2v) is 5.39. The van der Waals surface area contributed by atoms with Crippen LogP contribution in [0.5, 0.6) is 0 Å². The molecule has 1 saturated heterocycles. The average Bonchev–Trinajstić information content (AvgIpc) is 3.10. The quantitative estimate of drug-likeness (QED) is 0.883. The monoisotopic (exact) mass is 273 g/mol. The van der Waals surface area contributed by atoms with Crippen LogP contribution < -0.4 is 15.5 Å². The summed E-state index contributed by atoms with van der Waals surface area (Å²) in [6.45, 7) is 1.34. The van der Waals surface area contributed by atoms with Crippen LogP contribution in [0.3, 0.4) is 0 Å². The fourth-order valence-corrected chi connectivity index (χ4v) is 2.85. The lowest BCUT2D eigenvalue weighted by atomic mass is 10.1. The highest BCUT2D eigenvalue weighted by molar-refractivity contribution is 5.97. The Morgan fingerprint density at radius 3 is 2.50 bits per heavy atom. The summed E-state index contributed by atoms with van der Waals surface area (Å²) in [5.41, 5.74) is 1.48. The highest BCUT2D eigenvalue weighted by Crippen LogP contribution is 2.20. The third-order valence-electron chi connectivity index (χ3n) is 3.99. The molecule has 1 heterocycles. The molecule has 2 fully saturated rings. The lowest BCUT2D eigenvalue weighted by Gasteiger charge is -2.15. The molecule has 0 aromatic heterocycles.